The zero-order valence-corrected chi connectivity index (χ0v) is 21.8. The van der Waals surface area contributed by atoms with Crippen molar-refractivity contribution >= 4 is 57.9 Å². The van der Waals surface area contributed by atoms with Gasteiger partial charge < -0.3 is 9.47 Å². The topological polar surface area (TPSA) is 128 Å². The Balaban J connectivity index is 1.64. The Bertz CT molecular complexity index is 1450. The highest BCUT2D eigenvalue weighted by Crippen LogP contribution is 2.35. The van der Waals surface area contributed by atoms with E-state index in [2.05, 4.69) is 27.9 Å². The molecule has 1 aliphatic rings. The van der Waals surface area contributed by atoms with Gasteiger partial charge in [0.05, 0.1) is 21.3 Å². The third kappa shape index (κ3) is 5.61. The van der Waals surface area contributed by atoms with E-state index in [4.69, 9.17) is 9.47 Å². The highest BCUT2D eigenvalue weighted by atomic mass is 127. The van der Waals surface area contributed by atoms with Crippen molar-refractivity contribution in [2.24, 2.45) is 0 Å². The van der Waals surface area contributed by atoms with Crippen LogP contribution in [-0.2, 0) is 16.2 Å². The Labute approximate surface area is 225 Å². The number of ether oxygens (including phenoxy) is 2. The number of halogens is 1. The van der Waals surface area contributed by atoms with Crippen molar-refractivity contribution in [2.45, 2.75) is 13.5 Å². The number of aryl methyl sites for hydroxylation is 1. The molecule has 0 unspecified atom stereocenters. The van der Waals surface area contributed by atoms with Gasteiger partial charge >= 0.3 is 6.03 Å². The first kappa shape index (κ1) is 25.8. The molecule has 4 amide bonds. The lowest BCUT2D eigenvalue weighted by Crippen LogP contribution is -2.54. The van der Waals surface area contributed by atoms with Crippen molar-refractivity contribution in [3.05, 3.63) is 96.6 Å². The van der Waals surface area contributed by atoms with Gasteiger partial charge in [-0.1, -0.05) is 35.9 Å². The fourth-order valence-electron chi connectivity index (χ4n) is 3.61. The number of urea groups is 1. The van der Waals surface area contributed by atoms with Crippen LogP contribution in [0, 0.1) is 20.6 Å². The lowest BCUT2D eigenvalue weighted by atomic mass is 10.1. The summed E-state index contributed by atoms with van der Waals surface area (Å²) in [7, 11) is 1.47. The van der Waals surface area contributed by atoms with Gasteiger partial charge in [-0.2, -0.15) is 0 Å². The molecule has 3 aromatic carbocycles. The summed E-state index contributed by atoms with van der Waals surface area (Å²) in [6, 6.07) is 15.2. The minimum atomic E-state index is -1.00. The van der Waals surface area contributed by atoms with Gasteiger partial charge in [0.15, 0.2) is 11.5 Å². The SMILES string of the molecule is COc1cc(/C=C2\C(=O)NC(=O)N(c3cccc([N+](=O)[O-])c3)C2=O)cc(I)c1OCc1ccc(C)cc1. The number of benzene rings is 3. The number of barbiturate groups is 1. The number of rotatable bonds is 7. The highest BCUT2D eigenvalue weighted by Gasteiger charge is 2.37. The molecule has 10 nitrogen and oxygen atoms in total. The van der Waals surface area contributed by atoms with Gasteiger partial charge in [-0.3, -0.25) is 25.0 Å². The van der Waals surface area contributed by atoms with Crippen molar-refractivity contribution in [3.8, 4) is 11.5 Å². The van der Waals surface area contributed by atoms with E-state index in [1.807, 2.05) is 31.2 Å². The van der Waals surface area contributed by atoms with Crippen LogP contribution in [0.25, 0.3) is 6.08 Å². The number of methoxy groups -OCH3 is 1. The summed E-state index contributed by atoms with van der Waals surface area (Å²) in [6.45, 7) is 2.31. The molecule has 1 saturated heterocycles. The summed E-state index contributed by atoms with van der Waals surface area (Å²) >= 11 is 2.07. The van der Waals surface area contributed by atoms with E-state index in [1.165, 1.54) is 31.4 Å². The second-order valence-corrected chi connectivity index (χ2v) is 9.21. The minimum Gasteiger partial charge on any atom is -0.493 e. The number of hydrogen-bond donors (Lipinski definition) is 1. The fraction of sp³-hybridized carbons (Fsp3) is 0.115. The number of anilines is 1. The van der Waals surface area contributed by atoms with Crippen molar-refractivity contribution in [1.29, 1.82) is 0 Å². The normalized spacial score (nSPS) is 14.5. The van der Waals surface area contributed by atoms with Crippen LogP contribution < -0.4 is 19.7 Å². The molecule has 0 radical (unpaired) electrons. The third-order valence-corrected chi connectivity index (χ3v) is 6.27. The van der Waals surface area contributed by atoms with Crippen LogP contribution in [0.1, 0.15) is 16.7 Å². The Morgan fingerprint density at radius 1 is 1.08 bits per heavy atom. The zero-order valence-electron chi connectivity index (χ0n) is 19.7. The molecule has 4 rings (SSSR count). The Morgan fingerprint density at radius 2 is 1.81 bits per heavy atom. The predicted octanol–water partition coefficient (Wildman–Crippen LogP) is 4.76. The van der Waals surface area contributed by atoms with E-state index < -0.39 is 22.8 Å². The second-order valence-electron chi connectivity index (χ2n) is 8.04. The van der Waals surface area contributed by atoms with Gasteiger partial charge in [0.25, 0.3) is 17.5 Å². The maximum absolute atomic E-state index is 13.2. The van der Waals surface area contributed by atoms with Crippen molar-refractivity contribution in [1.82, 2.24) is 5.32 Å². The van der Waals surface area contributed by atoms with Gasteiger partial charge in [0, 0.05) is 12.1 Å². The van der Waals surface area contributed by atoms with Crippen LogP contribution in [-0.4, -0.2) is 29.9 Å². The fourth-order valence-corrected chi connectivity index (χ4v) is 4.39. The van der Waals surface area contributed by atoms with Crippen molar-refractivity contribution < 1.29 is 28.8 Å². The lowest BCUT2D eigenvalue weighted by Gasteiger charge is -2.26. The number of hydrogen-bond acceptors (Lipinski definition) is 7. The van der Waals surface area contributed by atoms with Crippen LogP contribution in [0.2, 0.25) is 0 Å². The van der Waals surface area contributed by atoms with Crippen LogP contribution in [0.4, 0.5) is 16.2 Å². The van der Waals surface area contributed by atoms with E-state index in [-0.39, 0.29) is 16.9 Å². The van der Waals surface area contributed by atoms with E-state index in [0.717, 1.165) is 17.2 Å². The Kier molecular flexibility index (Phi) is 7.53. The molecule has 1 fully saturated rings. The summed E-state index contributed by atoms with van der Waals surface area (Å²) in [4.78, 5) is 49.3. The zero-order chi connectivity index (χ0) is 26.7. The molecule has 11 heteroatoms. The molecule has 1 N–H and O–H groups in total. The van der Waals surface area contributed by atoms with Gasteiger partial charge in [-0.15, -0.1) is 0 Å². The molecule has 0 saturated carbocycles. The average Bonchev–Trinajstić information content (AvgIpc) is 2.86. The van der Waals surface area contributed by atoms with Crippen molar-refractivity contribution in [3.63, 3.8) is 0 Å². The molecule has 0 atom stereocenters. The first-order valence-corrected chi connectivity index (χ1v) is 12.0. The quantitative estimate of drug-likeness (QED) is 0.134. The molecule has 1 heterocycles. The smallest absolute Gasteiger partial charge is 0.335 e. The van der Waals surface area contributed by atoms with E-state index in [1.54, 1.807) is 12.1 Å². The summed E-state index contributed by atoms with van der Waals surface area (Å²) in [6.07, 6.45) is 1.32. The van der Waals surface area contributed by atoms with Gasteiger partial charge in [0.1, 0.15) is 12.2 Å². The maximum atomic E-state index is 13.2. The number of nitro benzene ring substituents is 1. The Hall–Kier alpha value is -4.26. The van der Waals surface area contributed by atoms with E-state index in [9.17, 15) is 24.5 Å². The molecule has 0 bridgehead atoms. The number of nitrogens with one attached hydrogen (secondary N) is 1. The summed E-state index contributed by atoms with van der Waals surface area (Å²) in [5.41, 5.74) is 1.90. The number of carbonyl (C=O) groups excluding carboxylic acids is 3. The Morgan fingerprint density at radius 3 is 2.49 bits per heavy atom. The molecule has 0 spiro atoms. The summed E-state index contributed by atoms with van der Waals surface area (Å²) in [5.74, 6) is -0.909. The average molecular weight is 613 g/mol. The first-order valence-electron chi connectivity index (χ1n) is 10.9. The van der Waals surface area contributed by atoms with Crippen LogP contribution in [0.5, 0.6) is 11.5 Å². The largest absolute Gasteiger partial charge is 0.493 e. The van der Waals surface area contributed by atoms with Crippen LogP contribution in [0.3, 0.4) is 0 Å². The van der Waals surface area contributed by atoms with E-state index in [0.29, 0.717) is 32.1 Å². The standard InChI is InChI=1S/C26H20IN3O7/c1-15-6-8-16(9-7-15)14-37-23-21(27)11-17(12-22(23)36-2)10-20-24(31)28-26(33)29(25(20)32)18-4-3-5-19(13-18)30(34)35/h3-13H,14H2,1-2H3,(H,28,31,33)/b20-10+. The number of carbonyl (C=O) groups is 3. The number of imide groups is 2. The number of amides is 4. The van der Waals surface area contributed by atoms with Crippen LogP contribution in [0.15, 0.2) is 66.2 Å². The minimum absolute atomic E-state index is 0.0397. The second kappa shape index (κ2) is 10.8. The van der Waals surface area contributed by atoms with Gasteiger partial charge in [0.2, 0.25) is 0 Å². The molecule has 1 aliphatic heterocycles. The molecule has 0 aromatic heterocycles. The van der Waals surface area contributed by atoms with Crippen molar-refractivity contribution in [2.75, 3.05) is 12.0 Å². The lowest BCUT2D eigenvalue weighted by molar-refractivity contribution is -0.384. The number of non-ortho nitro benzene ring substituents is 1. The molecule has 37 heavy (non-hydrogen) atoms. The van der Waals surface area contributed by atoms with Gasteiger partial charge in [-0.05, 0) is 64.9 Å². The first-order chi connectivity index (χ1) is 17.7. The molecular formula is C26H20IN3O7. The molecular weight excluding hydrogens is 593 g/mol. The molecule has 3 aromatic rings. The third-order valence-electron chi connectivity index (χ3n) is 5.47. The monoisotopic (exact) mass is 613 g/mol. The molecule has 188 valence electrons. The van der Waals surface area contributed by atoms with Crippen LogP contribution >= 0.6 is 22.6 Å². The van der Waals surface area contributed by atoms with Gasteiger partial charge in [-0.25, -0.2) is 9.69 Å². The predicted molar refractivity (Wildman–Crippen MR) is 143 cm³/mol. The summed E-state index contributed by atoms with van der Waals surface area (Å²) in [5, 5.41) is 13.2. The maximum Gasteiger partial charge on any atom is 0.335 e. The number of nitro groups is 1. The van der Waals surface area contributed by atoms with E-state index >= 15 is 0 Å². The summed E-state index contributed by atoms with van der Waals surface area (Å²) < 4.78 is 12.1. The highest BCUT2D eigenvalue weighted by molar-refractivity contribution is 14.1. The molecule has 0 aliphatic carbocycles. The number of nitrogens with zero attached hydrogens (tertiary/aromatic N) is 2.